The Morgan fingerprint density at radius 1 is 0.848 bits per heavy atom. The minimum absolute atomic E-state index is 0.0738. The Balaban J connectivity index is 1.92. The molecule has 4 rings (SSSR count). The molecule has 0 N–H and O–H groups in total. The smallest absolute Gasteiger partial charge is 0.162 e. The maximum Gasteiger partial charge on any atom is 0.162 e. The number of carbonyl (C=O) groups is 2. The van der Waals surface area contributed by atoms with Gasteiger partial charge in [-0.05, 0) is 47.8 Å². The second kappa shape index (κ2) is 8.77. The lowest BCUT2D eigenvalue weighted by molar-refractivity contribution is -0.119. The fraction of sp³-hybridized carbons (Fsp3) is 0.586. The Kier molecular flexibility index (Phi) is 6.32. The number of hydrogen-bond donors (Lipinski definition) is 0. The van der Waals surface area contributed by atoms with Gasteiger partial charge in [-0.1, -0.05) is 59.6 Å². The summed E-state index contributed by atoms with van der Waals surface area (Å²) in [6, 6.07) is 7.95. The molecule has 4 nitrogen and oxygen atoms in total. The van der Waals surface area contributed by atoms with E-state index >= 15 is 0 Å². The van der Waals surface area contributed by atoms with Crippen LogP contribution in [0.2, 0.25) is 0 Å². The van der Waals surface area contributed by atoms with Gasteiger partial charge in [0, 0.05) is 47.8 Å². The first-order valence-corrected chi connectivity index (χ1v) is 12.5. The average molecular weight is 450 g/mol. The van der Waals surface area contributed by atoms with Gasteiger partial charge >= 0.3 is 0 Å². The third-order valence-electron chi connectivity index (χ3n) is 7.46. The summed E-state index contributed by atoms with van der Waals surface area (Å²) in [5.74, 6) is 0.917. The highest BCUT2D eigenvalue weighted by atomic mass is 16.5. The predicted octanol–water partition coefficient (Wildman–Crippen LogP) is 6.57. The van der Waals surface area contributed by atoms with Crippen LogP contribution in [-0.2, 0) is 9.59 Å². The molecule has 0 bridgehead atoms. The van der Waals surface area contributed by atoms with Crippen LogP contribution in [0, 0.1) is 10.8 Å². The van der Waals surface area contributed by atoms with E-state index in [0.717, 1.165) is 72.5 Å². The lowest BCUT2D eigenvalue weighted by Gasteiger charge is -2.49. The SMILES string of the molecule is CCCCCN1C2=C(C(=O)CC(C)(C)C2)C(c2ccc(OC)cc2)C2=C1CC(C)(C)CC2=O. The number of ether oxygens (including phenoxy) is 1. The van der Waals surface area contributed by atoms with Gasteiger partial charge in [-0.15, -0.1) is 0 Å². The Morgan fingerprint density at radius 3 is 1.82 bits per heavy atom. The molecule has 1 heterocycles. The minimum atomic E-state index is -0.268. The number of allylic oxidation sites excluding steroid dienone is 4. The molecule has 0 saturated carbocycles. The highest BCUT2D eigenvalue weighted by Crippen LogP contribution is 2.54. The molecule has 1 aromatic rings. The molecule has 2 aliphatic carbocycles. The third kappa shape index (κ3) is 4.54. The average Bonchev–Trinajstić information content (AvgIpc) is 2.72. The number of rotatable bonds is 6. The summed E-state index contributed by atoms with van der Waals surface area (Å²) < 4.78 is 5.37. The second-order valence-electron chi connectivity index (χ2n) is 11.7. The molecule has 0 fully saturated rings. The Labute approximate surface area is 199 Å². The van der Waals surface area contributed by atoms with E-state index in [-0.39, 0.29) is 28.3 Å². The molecule has 4 heteroatoms. The maximum absolute atomic E-state index is 13.7. The number of ketones is 2. The van der Waals surface area contributed by atoms with Crippen molar-refractivity contribution < 1.29 is 14.3 Å². The predicted molar refractivity (Wildman–Crippen MR) is 132 cm³/mol. The van der Waals surface area contributed by atoms with Gasteiger partial charge in [0.25, 0.3) is 0 Å². The standard InChI is InChI=1S/C29H39NO3/c1-7-8-9-14-30-21-15-28(2,3)17-23(31)26(21)25(19-10-12-20(33-6)13-11-19)27-22(30)16-29(4,5)18-24(27)32/h10-13,25H,7-9,14-18H2,1-6H3. The summed E-state index contributed by atoms with van der Waals surface area (Å²) in [4.78, 5) is 29.8. The number of unbranched alkanes of at least 4 members (excludes halogenated alkanes) is 2. The van der Waals surface area contributed by atoms with Crippen LogP contribution in [0.3, 0.4) is 0 Å². The van der Waals surface area contributed by atoms with Crippen molar-refractivity contribution in [2.24, 2.45) is 10.8 Å². The normalized spacial score (nSPS) is 22.4. The van der Waals surface area contributed by atoms with Crippen molar-refractivity contribution in [1.82, 2.24) is 4.90 Å². The van der Waals surface area contributed by atoms with E-state index in [1.54, 1.807) is 7.11 Å². The zero-order valence-electron chi connectivity index (χ0n) is 21.2. The molecular weight excluding hydrogens is 410 g/mol. The lowest BCUT2D eigenvalue weighted by atomic mass is 9.63. The Hall–Kier alpha value is -2.36. The topological polar surface area (TPSA) is 46.6 Å². The summed E-state index contributed by atoms with van der Waals surface area (Å²) in [6.45, 7) is 11.9. The summed E-state index contributed by atoms with van der Waals surface area (Å²) in [7, 11) is 1.66. The van der Waals surface area contributed by atoms with E-state index in [0.29, 0.717) is 12.8 Å². The molecule has 0 saturated heterocycles. The molecule has 33 heavy (non-hydrogen) atoms. The fourth-order valence-electron chi connectivity index (χ4n) is 5.97. The summed E-state index contributed by atoms with van der Waals surface area (Å²) in [6.07, 6.45) is 6.18. The van der Waals surface area contributed by atoms with Crippen LogP contribution in [0.1, 0.15) is 91.0 Å². The minimum Gasteiger partial charge on any atom is -0.497 e. The van der Waals surface area contributed by atoms with E-state index in [9.17, 15) is 9.59 Å². The first kappa shape index (κ1) is 23.8. The van der Waals surface area contributed by atoms with E-state index in [2.05, 4.69) is 39.5 Å². The number of methoxy groups -OCH3 is 1. The van der Waals surface area contributed by atoms with Crippen LogP contribution in [0.25, 0.3) is 0 Å². The van der Waals surface area contributed by atoms with Gasteiger partial charge in [0.2, 0.25) is 0 Å². The number of benzene rings is 1. The molecule has 0 atom stereocenters. The van der Waals surface area contributed by atoms with E-state index in [1.807, 2.05) is 24.3 Å². The molecule has 1 aromatic carbocycles. The van der Waals surface area contributed by atoms with Gasteiger partial charge in [-0.25, -0.2) is 0 Å². The fourth-order valence-corrected chi connectivity index (χ4v) is 5.97. The van der Waals surface area contributed by atoms with Crippen molar-refractivity contribution in [3.63, 3.8) is 0 Å². The molecule has 178 valence electrons. The molecule has 0 radical (unpaired) electrons. The van der Waals surface area contributed by atoms with Gasteiger partial charge in [0.05, 0.1) is 7.11 Å². The van der Waals surface area contributed by atoms with Crippen molar-refractivity contribution in [1.29, 1.82) is 0 Å². The first-order chi connectivity index (χ1) is 15.6. The van der Waals surface area contributed by atoms with Crippen molar-refractivity contribution in [3.8, 4) is 5.75 Å². The lowest BCUT2D eigenvalue weighted by Crippen LogP contribution is -2.44. The zero-order chi connectivity index (χ0) is 24.0. The van der Waals surface area contributed by atoms with Crippen LogP contribution in [0.4, 0.5) is 0 Å². The van der Waals surface area contributed by atoms with Crippen LogP contribution in [0.5, 0.6) is 5.75 Å². The molecule has 0 unspecified atom stereocenters. The summed E-state index contributed by atoms with van der Waals surface area (Å²) in [5.41, 5.74) is 4.93. The van der Waals surface area contributed by atoms with Gasteiger partial charge in [-0.2, -0.15) is 0 Å². The van der Waals surface area contributed by atoms with Gasteiger partial charge < -0.3 is 9.64 Å². The van der Waals surface area contributed by atoms with Crippen LogP contribution >= 0.6 is 0 Å². The molecule has 0 amide bonds. The van der Waals surface area contributed by atoms with E-state index in [4.69, 9.17) is 4.74 Å². The zero-order valence-corrected chi connectivity index (χ0v) is 21.2. The summed E-state index contributed by atoms with van der Waals surface area (Å²) >= 11 is 0. The highest BCUT2D eigenvalue weighted by molar-refractivity contribution is 6.06. The van der Waals surface area contributed by atoms with Gasteiger partial charge in [0.1, 0.15) is 5.75 Å². The van der Waals surface area contributed by atoms with Crippen molar-refractivity contribution >= 4 is 11.6 Å². The van der Waals surface area contributed by atoms with E-state index in [1.165, 1.54) is 0 Å². The highest BCUT2D eigenvalue weighted by Gasteiger charge is 2.48. The Morgan fingerprint density at radius 2 is 1.36 bits per heavy atom. The molecule has 0 spiro atoms. The first-order valence-electron chi connectivity index (χ1n) is 12.5. The number of carbonyl (C=O) groups excluding carboxylic acids is 2. The Bertz CT molecular complexity index is 956. The van der Waals surface area contributed by atoms with Crippen LogP contribution in [-0.4, -0.2) is 30.1 Å². The molecule has 3 aliphatic rings. The third-order valence-corrected chi connectivity index (χ3v) is 7.46. The number of nitrogens with zero attached hydrogens (tertiary/aromatic N) is 1. The quantitative estimate of drug-likeness (QED) is 0.461. The largest absolute Gasteiger partial charge is 0.497 e. The molecule has 0 aromatic heterocycles. The second-order valence-corrected chi connectivity index (χ2v) is 11.7. The van der Waals surface area contributed by atoms with E-state index < -0.39 is 0 Å². The molecule has 1 aliphatic heterocycles. The summed E-state index contributed by atoms with van der Waals surface area (Å²) in [5, 5.41) is 0. The monoisotopic (exact) mass is 449 g/mol. The molecular formula is C29H39NO3. The van der Waals surface area contributed by atoms with Crippen LogP contribution in [0.15, 0.2) is 46.8 Å². The number of Topliss-reactive ketones (excluding diaryl/α,β-unsaturated/α-hetero) is 2. The van der Waals surface area contributed by atoms with Crippen molar-refractivity contribution in [2.75, 3.05) is 13.7 Å². The maximum atomic E-state index is 13.7. The van der Waals surface area contributed by atoms with Gasteiger partial charge in [0.15, 0.2) is 11.6 Å². The number of hydrogen-bond acceptors (Lipinski definition) is 4. The van der Waals surface area contributed by atoms with Crippen LogP contribution < -0.4 is 4.74 Å². The van der Waals surface area contributed by atoms with Crippen molar-refractivity contribution in [3.05, 3.63) is 52.4 Å². The van der Waals surface area contributed by atoms with Crippen molar-refractivity contribution in [2.45, 2.75) is 85.5 Å². The van der Waals surface area contributed by atoms with Gasteiger partial charge in [-0.3, -0.25) is 9.59 Å².